The van der Waals surface area contributed by atoms with Crippen LogP contribution < -0.4 is 10.6 Å². The number of aliphatic hydroxyl groups is 1. The molecule has 0 radical (unpaired) electrons. The number of aliphatic hydroxyl groups excluding tert-OH is 1. The highest BCUT2D eigenvalue weighted by Crippen LogP contribution is 2.06. The number of amides is 1. The fourth-order valence-corrected chi connectivity index (χ4v) is 2.19. The molecule has 1 aromatic carbocycles. The summed E-state index contributed by atoms with van der Waals surface area (Å²) >= 11 is 0. The van der Waals surface area contributed by atoms with Crippen LogP contribution in [0.3, 0.4) is 0 Å². The van der Waals surface area contributed by atoms with Crippen molar-refractivity contribution in [3.8, 4) is 0 Å². The van der Waals surface area contributed by atoms with Crippen LogP contribution in [-0.4, -0.2) is 36.2 Å². The molecule has 98 valence electrons. The number of aryl methyl sites for hydroxylation is 1. The van der Waals surface area contributed by atoms with Crippen LogP contribution in [0, 0.1) is 0 Å². The van der Waals surface area contributed by atoms with Crippen LogP contribution in [-0.2, 0) is 11.2 Å². The Kier molecular flexibility index (Phi) is 4.73. The molecule has 1 fully saturated rings. The lowest BCUT2D eigenvalue weighted by molar-refractivity contribution is -0.122. The Balaban J connectivity index is 1.62. The van der Waals surface area contributed by atoms with Crippen molar-refractivity contribution < 1.29 is 9.90 Å². The van der Waals surface area contributed by atoms with Gasteiger partial charge >= 0.3 is 0 Å². The van der Waals surface area contributed by atoms with Gasteiger partial charge in [-0.25, -0.2) is 0 Å². The van der Waals surface area contributed by atoms with Gasteiger partial charge in [0.2, 0.25) is 5.91 Å². The van der Waals surface area contributed by atoms with E-state index in [9.17, 15) is 9.90 Å². The van der Waals surface area contributed by atoms with E-state index in [1.807, 2.05) is 18.2 Å². The quantitative estimate of drug-likeness (QED) is 0.663. The van der Waals surface area contributed by atoms with Gasteiger partial charge in [-0.05, 0) is 24.8 Å². The molecular formula is C14H20N2O2. The third-order valence-corrected chi connectivity index (χ3v) is 3.21. The van der Waals surface area contributed by atoms with Crippen LogP contribution in [0.5, 0.6) is 0 Å². The molecule has 1 amide bonds. The highest BCUT2D eigenvalue weighted by molar-refractivity contribution is 5.82. The summed E-state index contributed by atoms with van der Waals surface area (Å²) in [5.41, 5.74) is 1.29. The van der Waals surface area contributed by atoms with Crippen LogP contribution in [0.4, 0.5) is 0 Å². The van der Waals surface area contributed by atoms with Gasteiger partial charge in [-0.15, -0.1) is 0 Å². The first-order valence-electron chi connectivity index (χ1n) is 6.49. The number of carbonyl (C=O) groups is 1. The Hall–Kier alpha value is -1.39. The molecular weight excluding hydrogens is 228 g/mol. The number of β-amino-alcohol motifs (C(OH)–C–C–N with tert-alkyl or cyclic N) is 1. The van der Waals surface area contributed by atoms with Gasteiger partial charge in [0.1, 0.15) is 0 Å². The summed E-state index contributed by atoms with van der Waals surface area (Å²) in [6.45, 7) is 1.20. The Bertz CT molecular complexity index is 381. The molecule has 0 bridgehead atoms. The van der Waals surface area contributed by atoms with Crippen molar-refractivity contribution in [1.29, 1.82) is 0 Å². The van der Waals surface area contributed by atoms with Crippen molar-refractivity contribution in [3.05, 3.63) is 35.9 Å². The van der Waals surface area contributed by atoms with Crippen molar-refractivity contribution in [2.45, 2.75) is 31.4 Å². The molecule has 4 heteroatoms. The van der Waals surface area contributed by atoms with Gasteiger partial charge in [-0.1, -0.05) is 30.3 Å². The Morgan fingerprint density at radius 2 is 2.17 bits per heavy atom. The van der Waals surface area contributed by atoms with Gasteiger partial charge in [-0.2, -0.15) is 0 Å². The van der Waals surface area contributed by atoms with Gasteiger partial charge in [0.25, 0.3) is 0 Å². The average molecular weight is 248 g/mol. The van der Waals surface area contributed by atoms with Crippen LogP contribution >= 0.6 is 0 Å². The smallest absolute Gasteiger partial charge is 0.237 e. The van der Waals surface area contributed by atoms with Crippen molar-refractivity contribution in [2.24, 2.45) is 0 Å². The van der Waals surface area contributed by atoms with Crippen LogP contribution in [0.1, 0.15) is 18.4 Å². The molecule has 0 spiro atoms. The summed E-state index contributed by atoms with van der Waals surface area (Å²) in [6.07, 6.45) is 2.04. The van der Waals surface area contributed by atoms with Crippen molar-refractivity contribution in [3.63, 3.8) is 0 Å². The van der Waals surface area contributed by atoms with Gasteiger partial charge in [-0.3, -0.25) is 4.79 Å². The zero-order valence-corrected chi connectivity index (χ0v) is 10.4. The molecule has 3 N–H and O–H groups in total. The number of benzene rings is 1. The Morgan fingerprint density at radius 1 is 1.39 bits per heavy atom. The Labute approximate surface area is 107 Å². The minimum absolute atomic E-state index is 0.000360. The molecule has 0 aromatic heterocycles. The van der Waals surface area contributed by atoms with E-state index < -0.39 is 0 Å². The van der Waals surface area contributed by atoms with Gasteiger partial charge in [0, 0.05) is 13.1 Å². The van der Waals surface area contributed by atoms with Gasteiger partial charge < -0.3 is 15.7 Å². The van der Waals surface area contributed by atoms with E-state index in [1.165, 1.54) is 5.56 Å². The normalized spacial score (nSPS) is 22.9. The lowest BCUT2D eigenvalue weighted by atomic mass is 10.1. The summed E-state index contributed by atoms with van der Waals surface area (Å²) in [7, 11) is 0. The van der Waals surface area contributed by atoms with Crippen molar-refractivity contribution >= 4 is 5.91 Å². The summed E-state index contributed by atoms with van der Waals surface area (Å²) in [6, 6.07) is 10.0. The molecule has 2 unspecified atom stereocenters. The molecule has 1 saturated heterocycles. The third kappa shape index (κ3) is 3.82. The zero-order valence-electron chi connectivity index (χ0n) is 10.4. The fourth-order valence-electron chi connectivity index (χ4n) is 2.19. The molecule has 2 rings (SSSR count). The SMILES string of the molecule is O=C(NCCCc1ccccc1)C1CC(O)CN1. The van der Waals surface area contributed by atoms with E-state index in [0.717, 1.165) is 12.8 Å². The second kappa shape index (κ2) is 6.52. The molecule has 2 atom stereocenters. The second-order valence-corrected chi connectivity index (χ2v) is 4.73. The largest absolute Gasteiger partial charge is 0.392 e. The molecule has 4 nitrogen and oxygen atoms in total. The van der Waals surface area contributed by atoms with Crippen molar-refractivity contribution in [2.75, 3.05) is 13.1 Å². The van der Waals surface area contributed by atoms with Crippen LogP contribution in [0.25, 0.3) is 0 Å². The van der Waals surface area contributed by atoms with Crippen molar-refractivity contribution in [1.82, 2.24) is 10.6 Å². The predicted octanol–water partition coefficient (Wildman–Crippen LogP) is 0.458. The summed E-state index contributed by atoms with van der Waals surface area (Å²) in [4.78, 5) is 11.7. The lowest BCUT2D eigenvalue weighted by Gasteiger charge is -2.10. The summed E-state index contributed by atoms with van der Waals surface area (Å²) < 4.78 is 0. The minimum atomic E-state index is -0.384. The topological polar surface area (TPSA) is 61.4 Å². The zero-order chi connectivity index (χ0) is 12.8. The molecule has 18 heavy (non-hydrogen) atoms. The number of carbonyl (C=O) groups excluding carboxylic acids is 1. The molecule has 0 aliphatic carbocycles. The summed E-state index contributed by atoms with van der Waals surface area (Å²) in [5.74, 6) is -0.000360. The van der Waals surface area contributed by atoms with E-state index in [-0.39, 0.29) is 18.1 Å². The highest BCUT2D eigenvalue weighted by Gasteiger charge is 2.27. The first-order valence-corrected chi connectivity index (χ1v) is 6.49. The summed E-state index contributed by atoms with van der Waals surface area (Å²) in [5, 5.41) is 15.2. The first kappa shape index (κ1) is 13.1. The molecule has 1 heterocycles. The number of nitrogens with one attached hydrogen (secondary N) is 2. The highest BCUT2D eigenvalue weighted by atomic mass is 16.3. The third-order valence-electron chi connectivity index (χ3n) is 3.21. The van der Waals surface area contributed by atoms with Crippen LogP contribution in [0.15, 0.2) is 30.3 Å². The number of rotatable bonds is 5. The number of hydrogen-bond acceptors (Lipinski definition) is 3. The number of hydrogen-bond donors (Lipinski definition) is 3. The fraction of sp³-hybridized carbons (Fsp3) is 0.500. The standard InChI is InChI=1S/C14H20N2O2/c17-12-9-13(16-10-12)14(18)15-8-4-7-11-5-2-1-3-6-11/h1-3,5-6,12-13,16-17H,4,7-10H2,(H,15,18). The first-order chi connectivity index (χ1) is 8.75. The maximum atomic E-state index is 11.7. The molecule has 1 aliphatic rings. The van der Waals surface area contributed by atoms with Crippen LogP contribution in [0.2, 0.25) is 0 Å². The predicted molar refractivity (Wildman–Crippen MR) is 70.2 cm³/mol. The second-order valence-electron chi connectivity index (χ2n) is 4.73. The molecule has 1 aliphatic heterocycles. The van der Waals surface area contributed by atoms with E-state index in [1.54, 1.807) is 0 Å². The molecule has 0 saturated carbocycles. The van der Waals surface area contributed by atoms with Gasteiger partial charge in [0.05, 0.1) is 12.1 Å². The average Bonchev–Trinajstić information content (AvgIpc) is 2.82. The maximum absolute atomic E-state index is 11.7. The monoisotopic (exact) mass is 248 g/mol. The van der Waals surface area contributed by atoms with E-state index in [4.69, 9.17) is 0 Å². The van der Waals surface area contributed by atoms with E-state index in [2.05, 4.69) is 22.8 Å². The maximum Gasteiger partial charge on any atom is 0.237 e. The minimum Gasteiger partial charge on any atom is -0.392 e. The Morgan fingerprint density at radius 3 is 2.83 bits per heavy atom. The van der Waals surface area contributed by atoms with E-state index in [0.29, 0.717) is 19.5 Å². The van der Waals surface area contributed by atoms with E-state index >= 15 is 0 Å². The lowest BCUT2D eigenvalue weighted by Crippen LogP contribution is -2.40. The molecule has 1 aromatic rings. The van der Waals surface area contributed by atoms with Gasteiger partial charge in [0.15, 0.2) is 0 Å².